The molecule has 2 N–H and O–H groups in total. The van der Waals surface area contributed by atoms with Crippen LogP contribution in [0.1, 0.15) is 38.3 Å². The normalized spacial score (nSPS) is 13.2. The maximum absolute atomic E-state index is 13.5. The third-order valence-electron chi connectivity index (χ3n) is 2.42. The monoisotopic (exact) mass is 229 g/mol. The Kier molecular flexibility index (Phi) is 4.55. The van der Waals surface area contributed by atoms with E-state index in [1.807, 2.05) is 0 Å². The first kappa shape index (κ1) is 12.5. The molecule has 1 aromatic carbocycles. The van der Waals surface area contributed by atoms with Crippen LogP contribution < -0.4 is 5.73 Å². The van der Waals surface area contributed by atoms with Gasteiger partial charge in [-0.25, -0.2) is 4.39 Å². The molecular formula is C12H17ClFN. The van der Waals surface area contributed by atoms with Gasteiger partial charge in [0.25, 0.3) is 0 Å². The van der Waals surface area contributed by atoms with Crippen LogP contribution in [0.3, 0.4) is 0 Å². The van der Waals surface area contributed by atoms with Crippen molar-refractivity contribution in [1.82, 2.24) is 0 Å². The summed E-state index contributed by atoms with van der Waals surface area (Å²) in [6, 6.07) is 4.42. The largest absolute Gasteiger partial charge is 0.324 e. The Morgan fingerprint density at radius 1 is 1.33 bits per heavy atom. The average molecular weight is 230 g/mol. The fraction of sp³-hybridized carbons (Fsp3) is 0.500. The lowest BCUT2D eigenvalue weighted by Crippen LogP contribution is -2.12. The minimum absolute atomic E-state index is 0.232. The van der Waals surface area contributed by atoms with Crippen molar-refractivity contribution in [3.05, 3.63) is 34.6 Å². The van der Waals surface area contributed by atoms with Gasteiger partial charge in [-0.2, -0.15) is 0 Å². The van der Waals surface area contributed by atoms with Crippen LogP contribution >= 0.6 is 11.6 Å². The van der Waals surface area contributed by atoms with Crippen LogP contribution in [0.25, 0.3) is 0 Å². The molecule has 3 heteroatoms. The summed E-state index contributed by atoms with van der Waals surface area (Å²) in [5.41, 5.74) is 6.47. The van der Waals surface area contributed by atoms with E-state index in [1.165, 1.54) is 6.07 Å². The van der Waals surface area contributed by atoms with Crippen molar-refractivity contribution in [2.75, 3.05) is 0 Å². The second-order valence-electron chi connectivity index (χ2n) is 4.24. The lowest BCUT2D eigenvalue weighted by molar-refractivity contribution is 0.491. The van der Waals surface area contributed by atoms with Gasteiger partial charge in [0.1, 0.15) is 5.82 Å². The lowest BCUT2D eigenvalue weighted by atomic mass is 9.98. The fourth-order valence-corrected chi connectivity index (χ4v) is 1.63. The SMILES string of the molecule is CC(C)CCC(N)c1ccc(Cl)cc1F. The summed E-state index contributed by atoms with van der Waals surface area (Å²) in [4.78, 5) is 0. The van der Waals surface area contributed by atoms with Crippen LogP contribution in [-0.4, -0.2) is 0 Å². The zero-order chi connectivity index (χ0) is 11.4. The van der Waals surface area contributed by atoms with E-state index in [-0.39, 0.29) is 11.9 Å². The molecule has 0 fully saturated rings. The number of halogens is 2. The van der Waals surface area contributed by atoms with Gasteiger partial charge in [-0.05, 0) is 30.9 Å². The highest BCUT2D eigenvalue weighted by Crippen LogP contribution is 2.23. The zero-order valence-corrected chi connectivity index (χ0v) is 9.89. The molecule has 0 saturated heterocycles. The molecular weight excluding hydrogens is 213 g/mol. The van der Waals surface area contributed by atoms with Gasteiger partial charge < -0.3 is 5.73 Å². The summed E-state index contributed by atoms with van der Waals surface area (Å²) in [5.74, 6) is 0.283. The summed E-state index contributed by atoms with van der Waals surface area (Å²) in [5, 5.41) is 0.410. The zero-order valence-electron chi connectivity index (χ0n) is 9.13. The second-order valence-corrected chi connectivity index (χ2v) is 4.68. The van der Waals surface area contributed by atoms with Crippen LogP contribution in [0.4, 0.5) is 4.39 Å². The highest BCUT2D eigenvalue weighted by Gasteiger charge is 2.11. The fourth-order valence-electron chi connectivity index (χ4n) is 1.47. The molecule has 1 aromatic rings. The van der Waals surface area contributed by atoms with E-state index in [0.29, 0.717) is 16.5 Å². The van der Waals surface area contributed by atoms with Crippen molar-refractivity contribution in [2.24, 2.45) is 11.7 Å². The third kappa shape index (κ3) is 3.80. The van der Waals surface area contributed by atoms with E-state index >= 15 is 0 Å². The molecule has 0 aliphatic carbocycles. The molecule has 0 aliphatic rings. The second kappa shape index (κ2) is 5.47. The summed E-state index contributed by atoms with van der Waals surface area (Å²) in [6.07, 6.45) is 1.81. The Labute approximate surface area is 95.4 Å². The molecule has 84 valence electrons. The van der Waals surface area contributed by atoms with E-state index in [1.54, 1.807) is 12.1 Å². The van der Waals surface area contributed by atoms with Gasteiger partial charge >= 0.3 is 0 Å². The van der Waals surface area contributed by atoms with Gasteiger partial charge in [-0.3, -0.25) is 0 Å². The molecule has 1 atom stereocenters. The molecule has 1 rings (SSSR count). The standard InChI is InChI=1S/C12H17ClFN/c1-8(2)3-6-12(15)10-5-4-9(13)7-11(10)14/h4-5,7-8,12H,3,6,15H2,1-2H3. The van der Waals surface area contributed by atoms with Crippen molar-refractivity contribution in [3.63, 3.8) is 0 Å². The van der Waals surface area contributed by atoms with Crippen molar-refractivity contribution in [2.45, 2.75) is 32.7 Å². The number of hydrogen-bond acceptors (Lipinski definition) is 1. The topological polar surface area (TPSA) is 26.0 Å². The van der Waals surface area contributed by atoms with E-state index in [2.05, 4.69) is 13.8 Å². The molecule has 1 unspecified atom stereocenters. The van der Waals surface area contributed by atoms with E-state index in [0.717, 1.165) is 12.8 Å². The van der Waals surface area contributed by atoms with Crippen molar-refractivity contribution < 1.29 is 4.39 Å². The Balaban J connectivity index is 2.69. The molecule has 0 aromatic heterocycles. The molecule has 15 heavy (non-hydrogen) atoms. The van der Waals surface area contributed by atoms with Crippen molar-refractivity contribution in [3.8, 4) is 0 Å². The minimum atomic E-state index is -0.307. The summed E-state index contributed by atoms with van der Waals surface area (Å²) in [7, 11) is 0. The third-order valence-corrected chi connectivity index (χ3v) is 2.65. The number of nitrogens with two attached hydrogens (primary N) is 1. The average Bonchev–Trinajstić information content (AvgIpc) is 2.14. The summed E-state index contributed by atoms with van der Waals surface area (Å²) in [6.45, 7) is 4.26. The van der Waals surface area contributed by atoms with E-state index in [4.69, 9.17) is 17.3 Å². The maximum atomic E-state index is 13.5. The van der Waals surface area contributed by atoms with Crippen LogP contribution in [0, 0.1) is 11.7 Å². The Morgan fingerprint density at radius 2 is 2.00 bits per heavy atom. The highest BCUT2D eigenvalue weighted by molar-refractivity contribution is 6.30. The van der Waals surface area contributed by atoms with Gasteiger partial charge in [-0.1, -0.05) is 31.5 Å². The van der Waals surface area contributed by atoms with Gasteiger partial charge in [0.05, 0.1) is 0 Å². The first-order valence-corrected chi connectivity index (χ1v) is 5.59. The summed E-state index contributed by atoms with van der Waals surface area (Å²) < 4.78 is 13.5. The number of benzene rings is 1. The van der Waals surface area contributed by atoms with Gasteiger partial charge in [0, 0.05) is 16.6 Å². The van der Waals surface area contributed by atoms with Gasteiger partial charge in [-0.15, -0.1) is 0 Å². The maximum Gasteiger partial charge on any atom is 0.129 e. The molecule has 0 amide bonds. The Bertz CT molecular complexity index is 325. The highest BCUT2D eigenvalue weighted by atomic mass is 35.5. The molecule has 0 aliphatic heterocycles. The van der Waals surface area contributed by atoms with Gasteiger partial charge in [0.2, 0.25) is 0 Å². The minimum Gasteiger partial charge on any atom is -0.324 e. The van der Waals surface area contributed by atoms with Crippen molar-refractivity contribution >= 4 is 11.6 Å². The van der Waals surface area contributed by atoms with Crippen LogP contribution in [0.5, 0.6) is 0 Å². The lowest BCUT2D eigenvalue weighted by Gasteiger charge is -2.14. The Morgan fingerprint density at radius 3 is 2.53 bits per heavy atom. The molecule has 0 spiro atoms. The smallest absolute Gasteiger partial charge is 0.129 e. The van der Waals surface area contributed by atoms with Crippen LogP contribution in [0.15, 0.2) is 18.2 Å². The van der Waals surface area contributed by atoms with Gasteiger partial charge in [0.15, 0.2) is 0 Å². The van der Waals surface area contributed by atoms with E-state index in [9.17, 15) is 4.39 Å². The van der Waals surface area contributed by atoms with E-state index < -0.39 is 0 Å². The molecule has 0 radical (unpaired) electrons. The predicted molar refractivity (Wildman–Crippen MR) is 62.4 cm³/mol. The van der Waals surface area contributed by atoms with Crippen LogP contribution in [0.2, 0.25) is 5.02 Å². The molecule has 0 bridgehead atoms. The molecule has 1 nitrogen and oxygen atoms in total. The van der Waals surface area contributed by atoms with Crippen molar-refractivity contribution in [1.29, 1.82) is 0 Å². The number of rotatable bonds is 4. The summed E-state index contributed by atoms with van der Waals surface area (Å²) >= 11 is 5.67. The Hall–Kier alpha value is -0.600. The predicted octanol–water partition coefficient (Wildman–Crippen LogP) is 3.92. The molecule has 0 saturated carbocycles. The van der Waals surface area contributed by atoms with Crippen LogP contribution in [-0.2, 0) is 0 Å². The number of hydrogen-bond donors (Lipinski definition) is 1. The first-order chi connectivity index (χ1) is 7.00. The quantitative estimate of drug-likeness (QED) is 0.832. The molecule has 0 heterocycles. The first-order valence-electron chi connectivity index (χ1n) is 5.21.